The number of aryl methyl sites for hydroxylation is 1. The molecule has 0 saturated heterocycles. The van der Waals surface area contributed by atoms with Crippen molar-refractivity contribution in [2.45, 2.75) is 23.5 Å². The van der Waals surface area contributed by atoms with Crippen LogP contribution in [-0.2, 0) is 6.61 Å². The quantitative estimate of drug-likeness (QED) is 0.936. The Labute approximate surface area is 113 Å². The first-order chi connectivity index (χ1) is 8.19. The fraction of sp³-hybridized carbons (Fsp3) is 0.154. The SMILES string of the molecule is Cc1cnc(Sc2ccc(CO)cc2)c(Br)c1. The summed E-state index contributed by atoms with van der Waals surface area (Å²) in [6.45, 7) is 2.10. The van der Waals surface area contributed by atoms with Crippen molar-refractivity contribution in [3.63, 3.8) is 0 Å². The number of hydrogen-bond donors (Lipinski definition) is 1. The van der Waals surface area contributed by atoms with Crippen LogP contribution in [0.2, 0.25) is 0 Å². The second-order valence-electron chi connectivity index (χ2n) is 3.70. The molecule has 0 bridgehead atoms. The third kappa shape index (κ3) is 3.31. The van der Waals surface area contributed by atoms with E-state index in [2.05, 4.69) is 27.0 Å². The molecule has 0 atom stereocenters. The van der Waals surface area contributed by atoms with Gasteiger partial charge in [-0.2, -0.15) is 0 Å². The van der Waals surface area contributed by atoms with Gasteiger partial charge in [-0.05, 0) is 52.2 Å². The Morgan fingerprint density at radius 3 is 2.59 bits per heavy atom. The summed E-state index contributed by atoms with van der Waals surface area (Å²) >= 11 is 5.11. The van der Waals surface area contributed by atoms with Gasteiger partial charge in [0.25, 0.3) is 0 Å². The van der Waals surface area contributed by atoms with Crippen molar-refractivity contribution in [2.24, 2.45) is 0 Å². The lowest BCUT2D eigenvalue weighted by atomic mass is 10.2. The molecular weight excluding hydrogens is 298 g/mol. The van der Waals surface area contributed by atoms with E-state index in [9.17, 15) is 0 Å². The van der Waals surface area contributed by atoms with E-state index in [0.717, 1.165) is 25.5 Å². The smallest absolute Gasteiger partial charge is 0.115 e. The number of hydrogen-bond acceptors (Lipinski definition) is 3. The Morgan fingerprint density at radius 1 is 1.29 bits per heavy atom. The van der Waals surface area contributed by atoms with Crippen LogP contribution in [0, 0.1) is 6.92 Å². The van der Waals surface area contributed by atoms with Gasteiger partial charge in [-0.3, -0.25) is 0 Å². The molecule has 0 unspecified atom stereocenters. The molecule has 88 valence electrons. The highest BCUT2D eigenvalue weighted by Gasteiger charge is 2.04. The molecule has 0 amide bonds. The van der Waals surface area contributed by atoms with Crippen LogP contribution in [0.4, 0.5) is 0 Å². The van der Waals surface area contributed by atoms with E-state index in [1.807, 2.05) is 37.4 Å². The van der Waals surface area contributed by atoms with Gasteiger partial charge >= 0.3 is 0 Å². The number of pyridine rings is 1. The van der Waals surface area contributed by atoms with Gasteiger partial charge < -0.3 is 5.11 Å². The van der Waals surface area contributed by atoms with Gasteiger partial charge in [0.15, 0.2) is 0 Å². The van der Waals surface area contributed by atoms with E-state index in [1.165, 1.54) is 0 Å². The van der Waals surface area contributed by atoms with Crippen molar-refractivity contribution in [3.05, 3.63) is 52.1 Å². The standard InChI is InChI=1S/C13H12BrNOS/c1-9-6-12(14)13(15-7-9)17-11-4-2-10(8-16)3-5-11/h2-7,16H,8H2,1H3. The second-order valence-corrected chi connectivity index (χ2v) is 5.62. The number of rotatable bonds is 3. The van der Waals surface area contributed by atoms with Crippen molar-refractivity contribution >= 4 is 27.7 Å². The van der Waals surface area contributed by atoms with Gasteiger partial charge in [-0.1, -0.05) is 23.9 Å². The van der Waals surface area contributed by atoms with E-state index < -0.39 is 0 Å². The maximum absolute atomic E-state index is 8.97. The summed E-state index contributed by atoms with van der Waals surface area (Å²) < 4.78 is 1.01. The molecule has 0 fully saturated rings. The zero-order valence-corrected chi connectivity index (χ0v) is 11.8. The first kappa shape index (κ1) is 12.6. The number of benzene rings is 1. The van der Waals surface area contributed by atoms with Gasteiger partial charge in [-0.25, -0.2) is 4.98 Å². The average Bonchev–Trinajstić information content (AvgIpc) is 2.34. The number of halogens is 1. The van der Waals surface area contributed by atoms with Crippen LogP contribution >= 0.6 is 27.7 Å². The summed E-state index contributed by atoms with van der Waals surface area (Å²) in [7, 11) is 0. The first-order valence-corrected chi connectivity index (χ1v) is 6.80. The lowest BCUT2D eigenvalue weighted by Gasteiger charge is -2.04. The predicted octanol–water partition coefficient (Wildman–Crippen LogP) is 3.80. The number of aromatic nitrogens is 1. The van der Waals surface area contributed by atoms with E-state index in [4.69, 9.17) is 5.11 Å². The van der Waals surface area contributed by atoms with Crippen LogP contribution in [-0.4, -0.2) is 10.1 Å². The van der Waals surface area contributed by atoms with E-state index in [0.29, 0.717) is 0 Å². The molecule has 0 aliphatic rings. The minimum atomic E-state index is 0.0808. The molecule has 0 aliphatic carbocycles. The summed E-state index contributed by atoms with van der Waals surface area (Å²) in [6, 6.07) is 9.88. The van der Waals surface area contributed by atoms with Gasteiger partial charge in [0, 0.05) is 11.1 Å². The lowest BCUT2D eigenvalue weighted by Crippen LogP contribution is -1.85. The normalized spacial score (nSPS) is 10.5. The topological polar surface area (TPSA) is 33.1 Å². The van der Waals surface area contributed by atoms with Gasteiger partial charge in [0.2, 0.25) is 0 Å². The van der Waals surface area contributed by atoms with E-state index in [1.54, 1.807) is 11.8 Å². The number of aliphatic hydroxyl groups is 1. The minimum Gasteiger partial charge on any atom is -0.392 e. The summed E-state index contributed by atoms with van der Waals surface area (Å²) in [4.78, 5) is 5.49. The number of aliphatic hydroxyl groups excluding tert-OH is 1. The monoisotopic (exact) mass is 309 g/mol. The molecule has 2 nitrogen and oxygen atoms in total. The Hall–Kier alpha value is -0.840. The average molecular weight is 310 g/mol. The summed E-state index contributed by atoms with van der Waals surface area (Å²) in [5.74, 6) is 0. The maximum atomic E-state index is 8.97. The van der Waals surface area contributed by atoms with Crippen molar-refractivity contribution in [3.8, 4) is 0 Å². The summed E-state index contributed by atoms with van der Waals surface area (Å²) in [5.41, 5.74) is 2.06. The molecule has 0 radical (unpaired) electrons. The summed E-state index contributed by atoms with van der Waals surface area (Å²) in [5, 5.41) is 9.92. The lowest BCUT2D eigenvalue weighted by molar-refractivity contribution is 0.282. The van der Waals surface area contributed by atoms with Gasteiger partial charge in [0.05, 0.1) is 11.1 Å². The fourth-order valence-electron chi connectivity index (χ4n) is 1.37. The van der Waals surface area contributed by atoms with Crippen LogP contribution in [0.1, 0.15) is 11.1 Å². The van der Waals surface area contributed by atoms with Gasteiger partial charge in [0.1, 0.15) is 5.03 Å². The second kappa shape index (κ2) is 5.67. The van der Waals surface area contributed by atoms with Crippen LogP contribution < -0.4 is 0 Å². The molecular formula is C13H12BrNOS. The predicted molar refractivity (Wildman–Crippen MR) is 73.2 cm³/mol. The van der Waals surface area contributed by atoms with Crippen molar-refractivity contribution in [1.29, 1.82) is 0 Å². The number of nitrogens with zero attached hydrogens (tertiary/aromatic N) is 1. The van der Waals surface area contributed by atoms with Crippen LogP contribution in [0.3, 0.4) is 0 Å². The summed E-state index contributed by atoms with van der Waals surface area (Å²) in [6.07, 6.45) is 1.86. The molecule has 1 N–H and O–H groups in total. The zero-order valence-electron chi connectivity index (χ0n) is 9.35. The first-order valence-electron chi connectivity index (χ1n) is 5.19. The largest absolute Gasteiger partial charge is 0.392 e. The molecule has 1 heterocycles. The van der Waals surface area contributed by atoms with Crippen LogP contribution in [0.25, 0.3) is 0 Å². The highest BCUT2D eigenvalue weighted by atomic mass is 79.9. The molecule has 2 aromatic rings. The fourth-order valence-corrected chi connectivity index (χ4v) is 2.83. The van der Waals surface area contributed by atoms with Crippen molar-refractivity contribution < 1.29 is 5.11 Å². The zero-order chi connectivity index (χ0) is 12.3. The highest BCUT2D eigenvalue weighted by molar-refractivity contribution is 9.10. The molecule has 0 saturated carbocycles. The third-order valence-corrected chi connectivity index (χ3v) is 4.16. The molecule has 1 aromatic heterocycles. The molecule has 17 heavy (non-hydrogen) atoms. The Kier molecular flexibility index (Phi) is 4.20. The van der Waals surface area contributed by atoms with Crippen LogP contribution in [0.5, 0.6) is 0 Å². The van der Waals surface area contributed by atoms with Crippen molar-refractivity contribution in [1.82, 2.24) is 4.98 Å². The molecule has 0 spiro atoms. The Morgan fingerprint density at radius 2 is 2.00 bits per heavy atom. The Balaban J connectivity index is 2.19. The van der Waals surface area contributed by atoms with E-state index >= 15 is 0 Å². The highest BCUT2D eigenvalue weighted by Crippen LogP contribution is 2.32. The molecule has 4 heteroatoms. The molecule has 1 aromatic carbocycles. The van der Waals surface area contributed by atoms with Gasteiger partial charge in [-0.15, -0.1) is 0 Å². The minimum absolute atomic E-state index is 0.0808. The third-order valence-electron chi connectivity index (χ3n) is 2.26. The maximum Gasteiger partial charge on any atom is 0.115 e. The van der Waals surface area contributed by atoms with E-state index in [-0.39, 0.29) is 6.61 Å². The molecule has 2 rings (SSSR count). The van der Waals surface area contributed by atoms with Crippen molar-refractivity contribution in [2.75, 3.05) is 0 Å². The van der Waals surface area contributed by atoms with Crippen LogP contribution in [0.15, 0.2) is 50.9 Å². The Bertz CT molecular complexity index is 513. The molecule has 0 aliphatic heterocycles.